The van der Waals surface area contributed by atoms with E-state index in [1.165, 1.54) is 4.90 Å². The van der Waals surface area contributed by atoms with Gasteiger partial charge in [-0.15, -0.1) is 0 Å². The van der Waals surface area contributed by atoms with Crippen LogP contribution in [0.4, 0.5) is 4.79 Å². The van der Waals surface area contributed by atoms with Gasteiger partial charge in [0, 0.05) is 0 Å². The van der Waals surface area contributed by atoms with Gasteiger partial charge in [0.05, 0.1) is 6.54 Å². The van der Waals surface area contributed by atoms with Crippen LogP contribution in [-0.4, -0.2) is 34.7 Å². The van der Waals surface area contributed by atoms with Crippen LogP contribution >= 0.6 is 0 Å². The van der Waals surface area contributed by atoms with Crippen molar-refractivity contribution in [2.75, 3.05) is 6.61 Å². The number of hydrogen-bond donors (Lipinski definition) is 1. The smallest absolute Gasteiger partial charge is 0.411 e. The standard InChI is InChI=1S/C12H13NO4/c1-8-2-4-9(5-3-8)6-13-10(11(14)15)7-17-12(13)16/h2-5,10H,6-7H2,1H3,(H,14,15). The highest BCUT2D eigenvalue weighted by molar-refractivity contribution is 5.82. The summed E-state index contributed by atoms with van der Waals surface area (Å²) < 4.78 is 4.74. The summed E-state index contributed by atoms with van der Waals surface area (Å²) in [6.45, 7) is 2.14. The SMILES string of the molecule is Cc1ccc(CN2C(=O)OCC2C(=O)O)cc1. The van der Waals surface area contributed by atoms with Gasteiger partial charge in [-0.3, -0.25) is 4.90 Å². The zero-order valence-corrected chi connectivity index (χ0v) is 9.42. The molecule has 1 heterocycles. The van der Waals surface area contributed by atoms with Crippen molar-refractivity contribution in [1.82, 2.24) is 4.90 Å². The summed E-state index contributed by atoms with van der Waals surface area (Å²) in [5.41, 5.74) is 2.01. The fourth-order valence-electron chi connectivity index (χ4n) is 1.72. The highest BCUT2D eigenvalue weighted by Gasteiger charge is 2.37. The Morgan fingerprint density at radius 3 is 2.71 bits per heavy atom. The van der Waals surface area contributed by atoms with E-state index in [1.54, 1.807) is 0 Å². The maximum Gasteiger partial charge on any atom is 0.411 e. The molecule has 1 aromatic carbocycles. The molecular weight excluding hydrogens is 222 g/mol. The number of aliphatic carboxylic acids is 1. The van der Waals surface area contributed by atoms with E-state index < -0.39 is 18.1 Å². The topological polar surface area (TPSA) is 66.8 Å². The highest BCUT2D eigenvalue weighted by Crippen LogP contribution is 2.17. The first-order valence-corrected chi connectivity index (χ1v) is 5.29. The molecule has 1 aliphatic rings. The van der Waals surface area contributed by atoms with Crippen LogP contribution in [0.1, 0.15) is 11.1 Å². The van der Waals surface area contributed by atoms with Gasteiger partial charge in [0.25, 0.3) is 0 Å². The van der Waals surface area contributed by atoms with Crippen molar-refractivity contribution in [3.63, 3.8) is 0 Å². The molecule has 1 saturated heterocycles. The third-order valence-electron chi connectivity index (χ3n) is 2.73. The molecule has 0 aromatic heterocycles. The van der Waals surface area contributed by atoms with Gasteiger partial charge >= 0.3 is 12.1 Å². The van der Waals surface area contributed by atoms with Crippen molar-refractivity contribution in [1.29, 1.82) is 0 Å². The van der Waals surface area contributed by atoms with Gasteiger partial charge in [0.1, 0.15) is 6.61 Å². The molecule has 1 N–H and O–H groups in total. The van der Waals surface area contributed by atoms with Gasteiger partial charge in [-0.2, -0.15) is 0 Å². The predicted molar refractivity (Wildman–Crippen MR) is 59.5 cm³/mol. The average molecular weight is 235 g/mol. The molecule has 0 bridgehead atoms. The fourth-order valence-corrected chi connectivity index (χ4v) is 1.72. The lowest BCUT2D eigenvalue weighted by Crippen LogP contribution is -2.38. The molecule has 0 aliphatic carbocycles. The van der Waals surface area contributed by atoms with E-state index in [1.807, 2.05) is 31.2 Å². The Morgan fingerprint density at radius 2 is 2.12 bits per heavy atom. The molecule has 5 heteroatoms. The molecule has 90 valence electrons. The Labute approximate surface area is 98.6 Å². The number of nitrogens with zero attached hydrogens (tertiary/aromatic N) is 1. The van der Waals surface area contributed by atoms with Crippen molar-refractivity contribution >= 4 is 12.1 Å². The second-order valence-electron chi connectivity index (χ2n) is 4.04. The van der Waals surface area contributed by atoms with E-state index in [0.29, 0.717) is 0 Å². The molecule has 5 nitrogen and oxygen atoms in total. The normalized spacial score (nSPS) is 19.2. The third-order valence-corrected chi connectivity index (χ3v) is 2.73. The van der Waals surface area contributed by atoms with Crippen LogP contribution in [0.3, 0.4) is 0 Å². The maximum absolute atomic E-state index is 11.4. The summed E-state index contributed by atoms with van der Waals surface area (Å²) in [7, 11) is 0. The summed E-state index contributed by atoms with van der Waals surface area (Å²) in [5, 5.41) is 8.95. The number of hydrogen-bond acceptors (Lipinski definition) is 3. The summed E-state index contributed by atoms with van der Waals surface area (Å²) in [6, 6.07) is 6.71. The number of ether oxygens (including phenoxy) is 1. The molecule has 1 aliphatic heterocycles. The molecule has 1 atom stereocenters. The van der Waals surface area contributed by atoms with Crippen LogP contribution in [-0.2, 0) is 16.1 Å². The molecule has 2 rings (SSSR count). The highest BCUT2D eigenvalue weighted by atomic mass is 16.6. The quantitative estimate of drug-likeness (QED) is 0.859. The van der Waals surface area contributed by atoms with Crippen LogP contribution in [0.25, 0.3) is 0 Å². The van der Waals surface area contributed by atoms with E-state index in [0.717, 1.165) is 11.1 Å². The molecule has 0 radical (unpaired) electrons. The number of aryl methyl sites for hydroxylation is 1. The van der Waals surface area contributed by atoms with Gasteiger partial charge < -0.3 is 9.84 Å². The summed E-state index contributed by atoms with van der Waals surface area (Å²) in [5.74, 6) is -1.04. The summed E-state index contributed by atoms with van der Waals surface area (Å²) in [6.07, 6.45) is -0.571. The van der Waals surface area contributed by atoms with E-state index in [2.05, 4.69) is 0 Å². The first kappa shape index (κ1) is 11.4. The van der Waals surface area contributed by atoms with Gasteiger partial charge in [-0.25, -0.2) is 9.59 Å². The lowest BCUT2D eigenvalue weighted by atomic mass is 10.1. The van der Waals surface area contributed by atoms with E-state index >= 15 is 0 Å². The zero-order chi connectivity index (χ0) is 12.4. The van der Waals surface area contributed by atoms with E-state index in [9.17, 15) is 9.59 Å². The number of carbonyl (C=O) groups excluding carboxylic acids is 1. The minimum Gasteiger partial charge on any atom is -0.480 e. The average Bonchev–Trinajstić information content (AvgIpc) is 2.64. The summed E-state index contributed by atoms with van der Waals surface area (Å²) >= 11 is 0. The van der Waals surface area contributed by atoms with Crippen LogP contribution in [0.2, 0.25) is 0 Å². The number of benzene rings is 1. The second-order valence-corrected chi connectivity index (χ2v) is 4.04. The molecule has 17 heavy (non-hydrogen) atoms. The van der Waals surface area contributed by atoms with Crippen molar-refractivity contribution in [2.45, 2.75) is 19.5 Å². The third kappa shape index (κ3) is 2.38. The van der Waals surface area contributed by atoms with Gasteiger partial charge in [-0.05, 0) is 12.5 Å². The number of carbonyl (C=O) groups is 2. The number of carboxylic acid groups (broad SMARTS) is 1. The Kier molecular flexibility index (Phi) is 2.99. The molecule has 1 fully saturated rings. The fraction of sp³-hybridized carbons (Fsp3) is 0.333. The number of carboxylic acids is 1. The van der Waals surface area contributed by atoms with E-state index in [-0.39, 0.29) is 13.2 Å². The predicted octanol–water partition coefficient (Wildman–Crippen LogP) is 1.40. The van der Waals surface area contributed by atoms with Crippen LogP contribution in [0.5, 0.6) is 0 Å². The second kappa shape index (κ2) is 4.45. The first-order valence-electron chi connectivity index (χ1n) is 5.29. The summed E-state index contributed by atoms with van der Waals surface area (Å²) in [4.78, 5) is 23.6. The molecule has 0 saturated carbocycles. The lowest BCUT2D eigenvalue weighted by Gasteiger charge is -2.17. The van der Waals surface area contributed by atoms with Crippen molar-refractivity contribution in [3.05, 3.63) is 35.4 Å². The molecular formula is C12H13NO4. The van der Waals surface area contributed by atoms with Gasteiger partial charge in [0.2, 0.25) is 0 Å². The molecule has 1 aromatic rings. The largest absolute Gasteiger partial charge is 0.480 e. The Morgan fingerprint density at radius 1 is 1.47 bits per heavy atom. The van der Waals surface area contributed by atoms with E-state index in [4.69, 9.17) is 9.84 Å². The Hall–Kier alpha value is -2.04. The molecule has 1 unspecified atom stereocenters. The Bertz CT molecular complexity index is 440. The zero-order valence-electron chi connectivity index (χ0n) is 9.42. The number of cyclic esters (lactones) is 1. The Balaban J connectivity index is 2.13. The van der Waals surface area contributed by atoms with Crippen molar-refractivity contribution in [3.8, 4) is 0 Å². The minimum absolute atomic E-state index is 0.0833. The van der Waals surface area contributed by atoms with Crippen molar-refractivity contribution < 1.29 is 19.4 Å². The molecule has 1 amide bonds. The minimum atomic E-state index is -1.04. The number of rotatable bonds is 3. The van der Waals surface area contributed by atoms with Crippen molar-refractivity contribution in [2.24, 2.45) is 0 Å². The lowest BCUT2D eigenvalue weighted by molar-refractivity contribution is -0.141. The van der Waals surface area contributed by atoms with Gasteiger partial charge in [-0.1, -0.05) is 29.8 Å². The van der Waals surface area contributed by atoms with Crippen LogP contribution in [0.15, 0.2) is 24.3 Å². The van der Waals surface area contributed by atoms with Crippen LogP contribution < -0.4 is 0 Å². The first-order chi connectivity index (χ1) is 8.08. The molecule has 0 spiro atoms. The van der Waals surface area contributed by atoms with Crippen LogP contribution in [0, 0.1) is 6.92 Å². The van der Waals surface area contributed by atoms with Gasteiger partial charge in [0.15, 0.2) is 6.04 Å². The number of amides is 1. The monoisotopic (exact) mass is 235 g/mol. The maximum atomic E-state index is 11.4.